The molecular formula is C51H62F2N10O6S. The van der Waals surface area contributed by atoms with Gasteiger partial charge in [0.05, 0.1) is 41.0 Å². The molecule has 2 saturated heterocycles. The number of ether oxygens (including phenoxy) is 1. The van der Waals surface area contributed by atoms with Crippen LogP contribution in [0, 0.1) is 12.3 Å². The molecular weight excluding hydrogens is 919 g/mol. The number of likely N-dealkylation sites (tertiary alicyclic amines) is 1. The quantitative estimate of drug-likeness (QED) is 0.116. The number of rotatable bonds is 13. The first-order chi connectivity index (χ1) is 33.5. The highest BCUT2D eigenvalue weighted by molar-refractivity contribution is 7.13. The van der Waals surface area contributed by atoms with Gasteiger partial charge in [0.1, 0.15) is 12.1 Å². The summed E-state index contributed by atoms with van der Waals surface area (Å²) in [6.45, 7) is 12.2. The Labute approximate surface area is 410 Å². The van der Waals surface area contributed by atoms with Gasteiger partial charge >= 0.3 is 0 Å². The number of nitrogens with one attached hydrogen (secondary N) is 2. The molecule has 0 radical (unpaired) electrons. The van der Waals surface area contributed by atoms with Crippen LogP contribution in [0.5, 0.6) is 0 Å². The maximum Gasteiger partial charge on any atom is 0.264 e. The average molecular weight is 981 g/mol. The van der Waals surface area contributed by atoms with Crippen molar-refractivity contribution < 1.29 is 37.8 Å². The van der Waals surface area contributed by atoms with Crippen molar-refractivity contribution >= 4 is 46.5 Å². The second kappa shape index (κ2) is 20.4. The first-order valence-electron chi connectivity index (χ1n) is 24.3. The monoisotopic (exact) mass is 980 g/mol. The Bertz CT molecular complexity index is 2740. The summed E-state index contributed by atoms with van der Waals surface area (Å²) in [6, 6.07) is 9.44. The van der Waals surface area contributed by atoms with E-state index in [2.05, 4.69) is 30.3 Å². The molecule has 4 aliphatic heterocycles. The van der Waals surface area contributed by atoms with Crippen molar-refractivity contribution in [2.45, 2.75) is 130 Å². The average Bonchev–Trinajstić information content (AvgIpc) is 4.17. The van der Waals surface area contributed by atoms with Crippen LogP contribution in [0.4, 0.5) is 20.3 Å². The molecule has 3 aromatic heterocycles. The van der Waals surface area contributed by atoms with Crippen LogP contribution in [0.1, 0.15) is 106 Å². The molecule has 7 heterocycles. The smallest absolute Gasteiger partial charge is 0.264 e. The van der Waals surface area contributed by atoms with E-state index in [0.29, 0.717) is 68.3 Å². The number of aliphatic hydroxyl groups is 1. The molecule has 19 heteroatoms. The summed E-state index contributed by atoms with van der Waals surface area (Å²) in [5, 5.41) is 26.2. The van der Waals surface area contributed by atoms with E-state index in [0.717, 1.165) is 57.8 Å². The summed E-state index contributed by atoms with van der Waals surface area (Å²) in [5.74, 6) is -0.609. The molecule has 3 N–H and O–H groups in total. The number of amides is 4. The van der Waals surface area contributed by atoms with Gasteiger partial charge in [0.15, 0.2) is 5.82 Å². The summed E-state index contributed by atoms with van der Waals surface area (Å²) < 4.78 is 39.6. The topological polar surface area (TPSA) is 180 Å². The van der Waals surface area contributed by atoms with E-state index in [1.165, 1.54) is 15.8 Å². The van der Waals surface area contributed by atoms with Gasteiger partial charge in [-0.25, -0.2) is 13.8 Å². The molecule has 372 valence electrons. The predicted molar refractivity (Wildman–Crippen MR) is 260 cm³/mol. The number of hydrogen-bond donors (Lipinski definition) is 3. The number of halogens is 2. The van der Waals surface area contributed by atoms with Crippen molar-refractivity contribution in [1.82, 2.24) is 45.0 Å². The van der Waals surface area contributed by atoms with Crippen molar-refractivity contribution in [2.75, 3.05) is 37.7 Å². The number of anilines is 2. The third-order valence-electron chi connectivity index (χ3n) is 14.1. The van der Waals surface area contributed by atoms with Crippen LogP contribution in [0.15, 0.2) is 54.3 Å². The predicted octanol–water partition coefficient (Wildman–Crippen LogP) is 6.66. The number of thiazole rings is 1. The summed E-state index contributed by atoms with van der Waals surface area (Å²) in [7, 11) is 0. The zero-order valence-corrected chi connectivity index (χ0v) is 41.2. The minimum atomic E-state index is -2.80. The lowest BCUT2D eigenvalue weighted by atomic mass is 9.85. The van der Waals surface area contributed by atoms with Crippen molar-refractivity contribution in [3.8, 4) is 21.6 Å². The van der Waals surface area contributed by atoms with Crippen LogP contribution in [0.3, 0.4) is 0 Å². The molecule has 0 saturated carbocycles. The van der Waals surface area contributed by atoms with Gasteiger partial charge in [0, 0.05) is 106 Å². The van der Waals surface area contributed by atoms with Crippen molar-refractivity contribution in [3.05, 3.63) is 87.9 Å². The largest absolute Gasteiger partial charge is 0.391 e. The molecule has 16 nitrogen and oxygen atoms in total. The van der Waals surface area contributed by atoms with E-state index < -0.39 is 47.7 Å². The Morgan fingerprint density at radius 2 is 1.80 bits per heavy atom. The third-order valence-corrected chi connectivity index (χ3v) is 15.1. The van der Waals surface area contributed by atoms with Gasteiger partial charge in [-0.05, 0) is 72.4 Å². The number of carbonyl (C=O) groups excluding carboxylic acids is 4. The SMILES string of the molecule is CC(=O)N1CCc2c(c(N3CCCc4cc(-c5cnn(CCC(=O)N[C@H](C(=O)N6C[C@H](O)C[C@H]6C(=O)NCc6ccc(-c7scnc7C)cc6)C(C)(C)C)c5)c(C(F)F)cc43)nn2C2CCOCC2)C1. The number of benzene rings is 2. The maximum atomic E-state index is 15.1. The van der Waals surface area contributed by atoms with Gasteiger partial charge in [-0.2, -0.15) is 10.2 Å². The molecule has 4 aliphatic rings. The number of β-amino-alcohol motifs (C(OH)–C–C–N with tert-alkyl or cyclic N) is 1. The lowest BCUT2D eigenvalue weighted by molar-refractivity contribution is -0.144. The number of aryl methyl sites for hydroxylation is 3. The van der Waals surface area contributed by atoms with Crippen LogP contribution >= 0.6 is 11.3 Å². The van der Waals surface area contributed by atoms with Gasteiger partial charge in [-0.3, -0.25) is 28.5 Å². The molecule has 70 heavy (non-hydrogen) atoms. The maximum absolute atomic E-state index is 15.1. The Balaban J connectivity index is 0.867. The van der Waals surface area contributed by atoms with Crippen molar-refractivity contribution in [3.63, 3.8) is 0 Å². The van der Waals surface area contributed by atoms with Gasteiger partial charge in [0.2, 0.25) is 23.6 Å². The highest BCUT2D eigenvalue weighted by Crippen LogP contribution is 2.44. The van der Waals surface area contributed by atoms with Gasteiger partial charge in [-0.15, -0.1) is 11.3 Å². The highest BCUT2D eigenvalue weighted by atomic mass is 32.1. The molecule has 0 aliphatic carbocycles. The van der Waals surface area contributed by atoms with Gasteiger partial charge in [-0.1, -0.05) is 45.0 Å². The lowest BCUT2D eigenvalue weighted by Gasteiger charge is -2.35. The molecule has 0 unspecified atom stereocenters. The van der Waals surface area contributed by atoms with E-state index >= 15 is 8.78 Å². The zero-order chi connectivity index (χ0) is 49.4. The minimum Gasteiger partial charge on any atom is -0.391 e. The summed E-state index contributed by atoms with van der Waals surface area (Å²) in [5.41, 5.74) is 8.23. The number of fused-ring (bicyclic) bond motifs is 2. The number of aliphatic hydroxyl groups excluding tert-OH is 1. The number of carbonyl (C=O) groups is 4. The molecule has 4 amide bonds. The van der Waals surface area contributed by atoms with E-state index in [-0.39, 0.29) is 50.0 Å². The van der Waals surface area contributed by atoms with Crippen molar-refractivity contribution in [2.24, 2.45) is 5.41 Å². The van der Waals surface area contributed by atoms with E-state index in [1.807, 2.05) is 62.9 Å². The molecule has 0 bridgehead atoms. The Kier molecular flexibility index (Phi) is 14.2. The number of aromatic nitrogens is 5. The molecule has 9 rings (SSSR count). The first kappa shape index (κ1) is 49.0. The van der Waals surface area contributed by atoms with E-state index in [9.17, 15) is 24.3 Å². The Hall–Kier alpha value is -6.05. The van der Waals surface area contributed by atoms with Crippen LogP contribution in [-0.2, 0) is 56.4 Å². The molecule has 2 fully saturated rings. The van der Waals surface area contributed by atoms with Gasteiger partial charge < -0.3 is 35.2 Å². The summed E-state index contributed by atoms with van der Waals surface area (Å²) in [6.07, 6.45) is 3.24. The first-order valence-corrected chi connectivity index (χ1v) is 25.2. The molecule has 3 atom stereocenters. The molecule has 2 aromatic carbocycles. The van der Waals surface area contributed by atoms with Crippen molar-refractivity contribution in [1.29, 1.82) is 0 Å². The fraction of sp³-hybridized carbons (Fsp3) is 0.510. The number of alkyl halides is 2. The lowest BCUT2D eigenvalue weighted by Crippen LogP contribution is -2.57. The van der Waals surface area contributed by atoms with Gasteiger partial charge in [0.25, 0.3) is 6.43 Å². The minimum absolute atomic E-state index is 0.0165. The summed E-state index contributed by atoms with van der Waals surface area (Å²) >= 11 is 1.56. The standard InChI is InChI=1S/C51H62F2N10O6S/c1-30-45(70-29-55-30)33-10-8-32(9-11-33)24-54-49(67)43-22-37(65)27-62(43)50(68)46(51(3,4)5)57-44(66)13-18-60-26-35(25-56-60)38-21-34-7-6-16-61(42(34)23-39(38)47(52)53)48-40-28-59(31(2)64)17-12-41(40)63(58-48)36-14-19-69-20-15-36/h8-11,21,23,25-26,29,36-37,43,46-47,65H,6-7,12-20,22,24,27-28H2,1-5H3,(H,54,67)(H,57,66)/t37-,43+,46-/m1/s1. The van der Waals surface area contributed by atoms with E-state index in [1.54, 1.807) is 36.0 Å². The Morgan fingerprint density at radius 1 is 1.03 bits per heavy atom. The molecule has 0 spiro atoms. The van der Waals surface area contributed by atoms with Crippen LogP contribution in [0.25, 0.3) is 21.6 Å². The number of hydrogen-bond acceptors (Lipinski definition) is 11. The fourth-order valence-electron chi connectivity index (χ4n) is 10.3. The van der Waals surface area contributed by atoms with Crippen LogP contribution < -0.4 is 15.5 Å². The third kappa shape index (κ3) is 10.2. The van der Waals surface area contributed by atoms with Crippen LogP contribution in [-0.4, -0.2) is 114 Å². The second-order valence-electron chi connectivity index (χ2n) is 20.0. The highest BCUT2D eigenvalue weighted by Gasteiger charge is 2.44. The van der Waals surface area contributed by atoms with E-state index in [4.69, 9.17) is 9.84 Å². The molecule has 5 aromatic rings. The number of nitrogens with zero attached hydrogens (tertiary/aromatic N) is 8. The fourth-order valence-corrected chi connectivity index (χ4v) is 11.1. The zero-order valence-electron chi connectivity index (χ0n) is 40.4. The Morgan fingerprint density at radius 3 is 2.50 bits per heavy atom. The summed E-state index contributed by atoms with van der Waals surface area (Å²) in [4.78, 5) is 64.6. The van der Waals surface area contributed by atoms with Crippen LogP contribution in [0.2, 0.25) is 0 Å². The second-order valence-corrected chi connectivity index (χ2v) is 20.9. The normalized spacial score (nSPS) is 19.0.